The lowest BCUT2D eigenvalue weighted by atomic mass is 9.47. The lowest BCUT2D eigenvalue weighted by molar-refractivity contribution is -0.0561. The van der Waals surface area contributed by atoms with E-state index in [0.717, 1.165) is 55.8 Å². The Morgan fingerprint density at radius 1 is 1.21 bits per heavy atom. The minimum atomic E-state index is -3.90. The molecule has 0 aliphatic heterocycles. The maximum atomic E-state index is 11.5. The van der Waals surface area contributed by atoms with Crippen molar-refractivity contribution < 1.29 is 18.1 Å². The molecule has 9 atom stereocenters. The first-order chi connectivity index (χ1) is 15.2. The fourth-order valence-electron chi connectivity index (χ4n) is 8.93. The van der Waals surface area contributed by atoms with Gasteiger partial charge in [0.05, 0.1) is 11.7 Å². The summed E-state index contributed by atoms with van der Waals surface area (Å²) in [6, 6.07) is 0. The van der Waals surface area contributed by atoms with Gasteiger partial charge in [-0.1, -0.05) is 45.3 Å². The van der Waals surface area contributed by atoms with E-state index in [1.807, 2.05) is 13.8 Å². The molecule has 4 rings (SSSR count). The normalized spacial score (nSPS) is 43.6. The Balaban J connectivity index is 1.46. The van der Waals surface area contributed by atoms with Crippen LogP contribution >= 0.6 is 0 Å². The van der Waals surface area contributed by atoms with Crippen molar-refractivity contribution in [3.63, 3.8) is 0 Å². The molecule has 0 heterocycles. The minimum absolute atomic E-state index is 0.179. The fourth-order valence-corrected chi connectivity index (χ4v) is 9.46. The van der Waals surface area contributed by atoms with Crippen LogP contribution in [-0.2, 0) is 14.5 Å². The molecule has 5 nitrogen and oxygen atoms in total. The second-order valence-electron chi connectivity index (χ2n) is 13.1. The van der Waals surface area contributed by atoms with Gasteiger partial charge in [-0.2, -0.15) is 4.21 Å². The van der Waals surface area contributed by atoms with E-state index in [-0.39, 0.29) is 11.5 Å². The van der Waals surface area contributed by atoms with E-state index >= 15 is 0 Å². The van der Waals surface area contributed by atoms with Crippen molar-refractivity contribution in [2.75, 3.05) is 0 Å². The fraction of sp³-hybridized carbons (Fsp3) is 0.926. The molecule has 0 spiro atoms. The van der Waals surface area contributed by atoms with Crippen LogP contribution in [0, 0.1) is 45.2 Å². The predicted molar refractivity (Wildman–Crippen MR) is 133 cm³/mol. The SMILES string of the molecule is C[C@H](CCCC(C)(C)O)[C@H]1CC[C@H]2[C@@H]3CC=C4C[C@@H](OS(=N)(=O)O)CC[C@]4(C)[C@H]3CC[C@]12C. The third-order valence-electron chi connectivity index (χ3n) is 10.5. The molecule has 3 saturated carbocycles. The Labute approximate surface area is 202 Å². The van der Waals surface area contributed by atoms with E-state index in [9.17, 15) is 13.9 Å². The van der Waals surface area contributed by atoms with E-state index in [4.69, 9.17) is 8.96 Å². The zero-order valence-electron chi connectivity index (χ0n) is 21.4. The van der Waals surface area contributed by atoms with Gasteiger partial charge in [-0.15, -0.1) is 0 Å². The lowest BCUT2D eigenvalue weighted by Crippen LogP contribution is -2.51. The summed E-state index contributed by atoms with van der Waals surface area (Å²) in [4.78, 5) is 0. The highest BCUT2D eigenvalue weighted by molar-refractivity contribution is 7.82. The van der Waals surface area contributed by atoms with Crippen LogP contribution in [0.15, 0.2) is 11.6 Å². The van der Waals surface area contributed by atoms with Crippen molar-refractivity contribution in [2.45, 2.75) is 117 Å². The van der Waals surface area contributed by atoms with Gasteiger partial charge in [0.25, 0.3) is 10.3 Å². The third kappa shape index (κ3) is 5.10. The highest BCUT2D eigenvalue weighted by Gasteiger charge is 2.59. The summed E-state index contributed by atoms with van der Waals surface area (Å²) in [5, 5.41) is 10.1. The maximum absolute atomic E-state index is 11.5. The van der Waals surface area contributed by atoms with Crippen molar-refractivity contribution in [3.8, 4) is 0 Å². The monoisotopic (exact) mass is 481 g/mol. The number of hydrogen-bond donors (Lipinski definition) is 3. The van der Waals surface area contributed by atoms with Gasteiger partial charge in [0, 0.05) is 0 Å². The second-order valence-corrected chi connectivity index (χ2v) is 14.2. The van der Waals surface area contributed by atoms with Gasteiger partial charge in [0.15, 0.2) is 0 Å². The van der Waals surface area contributed by atoms with Crippen molar-refractivity contribution in [2.24, 2.45) is 40.4 Å². The molecule has 0 aromatic heterocycles. The third-order valence-corrected chi connectivity index (χ3v) is 11.1. The highest BCUT2D eigenvalue weighted by Crippen LogP contribution is 2.67. The van der Waals surface area contributed by atoms with Crippen LogP contribution in [0.1, 0.15) is 105 Å². The summed E-state index contributed by atoms with van der Waals surface area (Å²) < 4.78 is 33.2. The number of fused-ring (bicyclic) bond motifs is 5. The molecule has 0 aromatic carbocycles. The van der Waals surface area contributed by atoms with Crippen molar-refractivity contribution >= 4 is 10.3 Å². The summed E-state index contributed by atoms with van der Waals surface area (Å²) in [6.07, 6.45) is 14.3. The number of allylic oxidation sites excluding steroid dienone is 1. The molecule has 0 amide bonds. The Bertz CT molecular complexity index is 862. The van der Waals surface area contributed by atoms with E-state index < -0.39 is 15.9 Å². The summed E-state index contributed by atoms with van der Waals surface area (Å²) >= 11 is 0. The Hall–Kier alpha value is -0.430. The van der Waals surface area contributed by atoms with Crippen LogP contribution in [0.5, 0.6) is 0 Å². The van der Waals surface area contributed by atoms with Crippen LogP contribution in [-0.4, -0.2) is 25.6 Å². The molecule has 33 heavy (non-hydrogen) atoms. The summed E-state index contributed by atoms with van der Waals surface area (Å²) in [6.45, 7) is 11.3. The van der Waals surface area contributed by atoms with Gasteiger partial charge in [-0.3, -0.25) is 8.74 Å². The summed E-state index contributed by atoms with van der Waals surface area (Å²) in [7, 11) is -3.90. The quantitative estimate of drug-likeness (QED) is 0.343. The standard InChI is InChI=1S/C27H47NO4S/c1-18(7-6-14-25(2,3)29)22-10-11-23-21-9-8-19-17-20(32-33(28,30)31)12-15-26(19,4)24(21)13-16-27(22,23)5/h8,18,20-24,29H,6-7,9-17H2,1-5H3,(H2,28,30,31)/t18-,20+,21+,22-,23+,24+,26+,27-/m1/s1. The van der Waals surface area contributed by atoms with Crippen LogP contribution < -0.4 is 0 Å². The molecule has 190 valence electrons. The Morgan fingerprint density at radius 2 is 1.94 bits per heavy atom. The molecule has 6 heteroatoms. The largest absolute Gasteiger partial charge is 0.390 e. The highest BCUT2D eigenvalue weighted by atomic mass is 32.2. The van der Waals surface area contributed by atoms with Crippen molar-refractivity contribution in [1.82, 2.24) is 0 Å². The number of hydrogen-bond acceptors (Lipinski definition) is 4. The molecule has 0 aromatic rings. The molecule has 3 fully saturated rings. The van der Waals surface area contributed by atoms with Crippen LogP contribution in [0.4, 0.5) is 0 Å². The summed E-state index contributed by atoms with van der Waals surface area (Å²) in [5.41, 5.74) is 1.48. The smallest absolute Gasteiger partial charge is 0.287 e. The van der Waals surface area contributed by atoms with Gasteiger partial charge < -0.3 is 5.11 Å². The molecule has 0 radical (unpaired) electrons. The van der Waals surface area contributed by atoms with Gasteiger partial charge in [0.2, 0.25) is 0 Å². The average molecular weight is 482 g/mol. The first-order valence-electron chi connectivity index (χ1n) is 13.3. The average Bonchev–Trinajstić information content (AvgIpc) is 3.03. The molecule has 4 aliphatic rings. The predicted octanol–water partition coefficient (Wildman–Crippen LogP) is 6.96. The minimum Gasteiger partial charge on any atom is -0.390 e. The van der Waals surface area contributed by atoms with Gasteiger partial charge in [0.1, 0.15) is 0 Å². The summed E-state index contributed by atoms with van der Waals surface area (Å²) in [5.74, 6) is 3.76. The molecular weight excluding hydrogens is 434 g/mol. The first kappa shape index (κ1) is 25.7. The van der Waals surface area contributed by atoms with Crippen molar-refractivity contribution in [3.05, 3.63) is 11.6 Å². The Kier molecular flexibility index (Phi) is 6.92. The Morgan fingerprint density at radius 3 is 2.61 bits per heavy atom. The zero-order valence-corrected chi connectivity index (χ0v) is 22.3. The lowest BCUT2D eigenvalue weighted by Gasteiger charge is -2.58. The molecule has 0 saturated heterocycles. The molecule has 3 N–H and O–H groups in total. The number of rotatable bonds is 7. The molecular formula is C27H47NO4S. The van der Waals surface area contributed by atoms with Gasteiger partial charge in [-0.05, 0) is 112 Å². The van der Waals surface area contributed by atoms with Gasteiger partial charge in [-0.25, -0.2) is 4.78 Å². The van der Waals surface area contributed by atoms with Crippen molar-refractivity contribution in [1.29, 1.82) is 4.78 Å². The first-order valence-corrected chi connectivity index (χ1v) is 14.8. The van der Waals surface area contributed by atoms with E-state index in [1.54, 1.807) is 0 Å². The van der Waals surface area contributed by atoms with Crippen LogP contribution in [0.3, 0.4) is 0 Å². The number of aliphatic hydroxyl groups is 1. The molecule has 1 unspecified atom stereocenters. The van der Waals surface area contributed by atoms with Crippen LogP contribution in [0.25, 0.3) is 0 Å². The second kappa shape index (κ2) is 8.90. The van der Waals surface area contributed by atoms with E-state index in [2.05, 4.69) is 26.8 Å². The molecule has 0 bridgehead atoms. The molecule has 4 aliphatic carbocycles. The topological polar surface area (TPSA) is 90.6 Å². The van der Waals surface area contributed by atoms with Gasteiger partial charge >= 0.3 is 0 Å². The van der Waals surface area contributed by atoms with E-state index in [1.165, 1.54) is 37.7 Å². The zero-order chi connectivity index (χ0) is 24.2. The number of nitrogens with one attached hydrogen (secondary N) is 1. The van der Waals surface area contributed by atoms with Crippen LogP contribution in [0.2, 0.25) is 0 Å². The maximum Gasteiger partial charge on any atom is 0.287 e. The van der Waals surface area contributed by atoms with E-state index in [0.29, 0.717) is 17.8 Å².